The number of rotatable bonds is 50. The third kappa shape index (κ3) is 43.8. The van der Waals surface area contributed by atoms with E-state index >= 15 is 0 Å². The predicted octanol–water partition coefficient (Wildman–Crippen LogP) is 15.6. The maximum atomic E-state index is 12.6. The number of carbonyl (C=O) groups excluding carboxylic acids is 1. The Balaban J connectivity index is 3.71. The summed E-state index contributed by atoms with van der Waals surface area (Å²) in [5.41, 5.74) is 0. The van der Waals surface area contributed by atoms with Crippen molar-refractivity contribution in [3.05, 3.63) is 36.5 Å². The number of hydrogen-bond acceptors (Lipinski definition) is 5. The molecule has 4 unspecified atom stereocenters. The molecule has 366 valence electrons. The zero-order valence-corrected chi connectivity index (χ0v) is 41.4. The van der Waals surface area contributed by atoms with Crippen molar-refractivity contribution in [2.75, 3.05) is 6.61 Å². The summed E-state index contributed by atoms with van der Waals surface area (Å²) in [4.78, 5) is 12.6. The molecular formula is C56H107NO5. The summed E-state index contributed by atoms with van der Waals surface area (Å²) in [5.74, 6) is -0.598. The number of aliphatic hydroxyl groups excluding tert-OH is 4. The molecule has 5 N–H and O–H groups in total. The summed E-state index contributed by atoms with van der Waals surface area (Å²) < 4.78 is 0. The number of amides is 1. The first-order chi connectivity index (χ1) is 30.5. The van der Waals surface area contributed by atoms with Crippen molar-refractivity contribution < 1.29 is 25.2 Å². The number of carbonyl (C=O) groups is 1. The van der Waals surface area contributed by atoms with Crippen LogP contribution in [0.5, 0.6) is 0 Å². The Morgan fingerprint density at radius 1 is 0.387 bits per heavy atom. The lowest BCUT2D eigenvalue weighted by atomic mass is 10.00. The number of unbranched alkanes of at least 4 members (excludes halogenated alkanes) is 35. The maximum absolute atomic E-state index is 12.6. The van der Waals surface area contributed by atoms with E-state index in [1.807, 2.05) is 0 Å². The fourth-order valence-corrected chi connectivity index (χ4v) is 8.48. The first-order valence-corrected chi connectivity index (χ1v) is 27.4. The van der Waals surface area contributed by atoms with Gasteiger partial charge in [-0.2, -0.15) is 0 Å². The number of aliphatic hydroxyl groups is 4. The molecule has 0 aliphatic heterocycles. The Morgan fingerprint density at radius 2 is 0.677 bits per heavy atom. The molecule has 0 aromatic carbocycles. The molecule has 4 atom stereocenters. The van der Waals surface area contributed by atoms with Gasteiger partial charge in [-0.05, 0) is 77.0 Å². The van der Waals surface area contributed by atoms with Crippen molar-refractivity contribution in [1.82, 2.24) is 5.32 Å². The van der Waals surface area contributed by atoms with Crippen LogP contribution in [0.4, 0.5) is 0 Å². The Morgan fingerprint density at radius 3 is 1.02 bits per heavy atom. The smallest absolute Gasteiger partial charge is 0.249 e. The fraction of sp³-hybridized carbons (Fsp3) is 0.875. The van der Waals surface area contributed by atoms with Gasteiger partial charge in [0, 0.05) is 0 Å². The van der Waals surface area contributed by atoms with Crippen molar-refractivity contribution in [2.45, 2.75) is 308 Å². The van der Waals surface area contributed by atoms with Crippen LogP contribution < -0.4 is 5.32 Å². The molecule has 6 heteroatoms. The van der Waals surface area contributed by atoms with Crippen molar-refractivity contribution >= 4 is 5.91 Å². The Labute approximate surface area is 386 Å². The molecule has 0 aromatic heterocycles. The standard InChI is InChI=1S/C56H107NO5/c1-3-5-7-9-11-13-15-17-19-21-23-25-27-29-31-33-35-37-39-41-43-45-47-49-53(59)55(61)52(51-58)57-56(62)54(60)50-48-46-44-42-40-38-36-34-32-30-28-26-24-22-20-18-16-14-12-10-8-6-4-2/h30,32-33,35,41,43,52-55,58-61H,3-29,31,34,36-40,42,44-51H2,1-2H3,(H,57,62)/b32-30-,35-33+,43-41+. The van der Waals surface area contributed by atoms with Crippen molar-refractivity contribution in [1.29, 1.82) is 0 Å². The van der Waals surface area contributed by atoms with E-state index in [1.54, 1.807) is 0 Å². The highest BCUT2D eigenvalue weighted by Crippen LogP contribution is 2.17. The van der Waals surface area contributed by atoms with Gasteiger partial charge in [-0.3, -0.25) is 4.79 Å². The van der Waals surface area contributed by atoms with Crippen LogP contribution in [0.25, 0.3) is 0 Å². The molecule has 0 saturated heterocycles. The van der Waals surface area contributed by atoms with Crippen molar-refractivity contribution in [3.8, 4) is 0 Å². The summed E-state index contributed by atoms with van der Waals surface area (Å²) in [7, 11) is 0. The van der Waals surface area contributed by atoms with Gasteiger partial charge in [0.1, 0.15) is 12.2 Å². The number of nitrogens with one attached hydrogen (secondary N) is 1. The second kappa shape index (κ2) is 50.5. The summed E-state index contributed by atoms with van der Waals surface area (Å²) in [5, 5.41) is 43.9. The topological polar surface area (TPSA) is 110 Å². The quantitative estimate of drug-likeness (QED) is 0.0309. The monoisotopic (exact) mass is 874 g/mol. The molecule has 0 heterocycles. The fourth-order valence-electron chi connectivity index (χ4n) is 8.48. The third-order valence-electron chi connectivity index (χ3n) is 12.8. The minimum atomic E-state index is -1.29. The van der Waals surface area contributed by atoms with Gasteiger partial charge in [-0.25, -0.2) is 0 Å². The average Bonchev–Trinajstić information content (AvgIpc) is 3.28. The zero-order chi connectivity index (χ0) is 45.2. The molecule has 1 amide bonds. The molecule has 0 aromatic rings. The minimum absolute atomic E-state index is 0.355. The van der Waals surface area contributed by atoms with Gasteiger partial charge in [-0.1, -0.05) is 243 Å². The molecule has 6 nitrogen and oxygen atoms in total. The van der Waals surface area contributed by atoms with E-state index in [-0.39, 0.29) is 0 Å². The van der Waals surface area contributed by atoms with Crippen LogP contribution in [-0.2, 0) is 4.79 Å². The molecule has 0 saturated carbocycles. The molecule has 0 fully saturated rings. The lowest BCUT2D eigenvalue weighted by Crippen LogP contribution is -2.53. The average molecular weight is 874 g/mol. The highest BCUT2D eigenvalue weighted by molar-refractivity contribution is 5.80. The van der Waals surface area contributed by atoms with E-state index in [1.165, 1.54) is 212 Å². The van der Waals surface area contributed by atoms with E-state index in [2.05, 4.69) is 55.6 Å². The molecular weight excluding hydrogens is 767 g/mol. The Bertz CT molecular complexity index is 981. The van der Waals surface area contributed by atoms with Gasteiger partial charge in [0.2, 0.25) is 5.91 Å². The first kappa shape index (κ1) is 60.5. The first-order valence-electron chi connectivity index (χ1n) is 27.4. The van der Waals surface area contributed by atoms with E-state index in [0.717, 1.165) is 38.5 Å². The summed E-state index contributed by atoms with van der Waals surface area (Å²) in [6.45, 7) is 4.07. The second-order valence-electron chi connectivity index (χ2n) is 18.9. The van der Waals surface area contributed by atoms with Crippen molar-refractivity contribution in [2.24, 2.45) is 0 Å². The van der Waals surface area contributed by atoms with Gasteiger partial charge in [0.15, 0.2) is 0 Å². The predicted molar refractivity (Wildman–Crippen MR) is 270 cm³/mol. The van der Waals surface area contributed by atoms with E-state index in [4.69, 9.17) is 0 Å². The normalized spacial score (nSPS) is 14.1. The van der Waals surface area contributed by atoms with E-state index in [0.29, 0.717) is 19.3 Å². The Hall–Kier alpha value is -1.47. The largest absolute Gasteiger partial charge is 0.394 e. The molecule has 0 spiro atoms. The molecule has 0 radical (unpaired) electrons. The molecule has 0 bridgehead atoms. The zero-order valence-electron chi connectivity index (χ0n) is 41.4. The lowest BCUT2D eigenvalue weighted by Gasteiger charge is -2.27. The highest BCUT2D eigenvalue weighted by Gasteiger charge is 2.28. The van der Waals surface area contributed by atoms with Gasteiger partial charge in [-0.15, -0.1) is 0 Å². The minimum Gasteiger partial charge on any atom is -0.394 e. The van der Waals surface area contributed by atoms with Gasteiger partial charge < -0.3 is 25.7 Å². The molecule has 0 aliphatic carbocycles. The van der Waals surface area contributed by atoms with Crippen LogP contribution in [0.15, 0.2) is 36.5 Å². The van der Waals surface area contributed by atoms with Gasteiger partial charge in [0.05, 0.1) is 18.8 Å². The SMILES string of the molecule is CCCCCCCCCCCCCC/C=C\CCCCCCCCCC(O)C(=O)NC(CO)C(O)C(O)CCC/C=C/CC/C=C/CCCCCCCCCCCCCCCC. The van der Waals surface area contributed by atoms with Gasteiger partial charge >= 0.3 is 0 Å². The van der Waals surface area contributed by atoms with Crippen molar-refractivity contribution in [3.63, 3.8) is 0 Å². The van der Waals surface area contributed by atoms with Crippen LogP contribution in [0, 0.1) is 0 Å². The maximum Gasteiger partial charge on any atom is 0.249 e. The number of allylic oxidation sites excluding steroid dienone is 6. The van der Waals surface area contributed by atoms with Crippen LogP contribution in [0.1, 0.15) is 284 Å². The Kier molecular flexibility index (Phi) is 49.3. The number of hydrogen-bond donors (Lipinski definition) is 5. The lowest BCUT2D eigenvalue weighted by molar-refractivity contribution is -0.132. The second-order valence-corrected chi connectivity index (χ2v) is 18.9. The summed E-state index contributed by atoms with van der Waals surface area (Å²) in [6, 6.07) is -1.01. The third-order valence-corrected chi connectivity index (χ3v) is 12.8. The van der Waals surface area contributed by atoms with E-state index < -0.39 is 36.9 Å². The van der Waals surface area contributed by atoms with Crippen LogP contribution >= 0.6 is 0 Å². The van der Waals surface area contributed by atoms with Crippen LogP contribution in [0.2, 0.25) is 0 Å². The van der Waals surface area contributed by atoms with E-state index in [9.17, 15) is 25.2 Å². The molecule has 62 heavy (non-hydrogen) atoms. The molecule has 0 aliphatic rings. The van der Waals surface area contributed by atoms with Crippen LogP contribution in [-0.4, -0.2) is 57.3 Å². The van der Waals surface area contributed by atoms with Crippen LogP contribution in [0.3, 0.4) is 0 Å². The summed E-state index contributed by atoms with van der Waals surface area (Å²) in [6.07, 6.45) is 62.1. The summed E-state index contributed by atoms with van der Waals surface area (Å²) >= 11 is 0. The van der Waals surface area contributed by atoms with Gasteiger partial charge in [0.25, 0.3) is 0 Å². The molecule has 0 rings (SSSR count). The highest BCUT2D eigenvalue weighted by atomic mass is 16.3.